The molecule has 92 valence electrons. The Morgan fingerprint density at radius 1 is 1.35 bits per heavy atom. The molecule has 2 fully saturated rings. The summed E-state index contributed by atoms with van der Waals surface area (Å²) in [7, 11) is 0. The number of nitrogens with zero attached hydrogens (tertiary/aromatic N) is 3. The van der Waals surface area contributed by atoms with E-state index in [2.05, 4.69) is 34.0 Å². The second-order valence-electron chi connectivity index (χ2n) is 5.40. The molecule has 0 bridgehead atoms. The van der Waals surface area contributed by atoms with E-state index in [9.17, 15) is 0 Å². The Hall–Kier alpha value is -1.16. The number of hydrogen-bond donors (Lipinski definition) is 1. The molecule has 1 aromatic rings. The molecule has 2 saturated heterocycles. The summed E-state index contributed by atoms with van der Waals surface area (Å²) in [6.45, 7) is 9.82. The van der Waals surface area contributed by atoms with Crippen LogP contribution in [-0.2, 0) is 0 Å². The van der Waals surface area contributed by atoms with Gasteiger partial charge in [0.15, 0.2) is 5.82 Å². The molecular formula is C13H20N4. The van der Waals surface area contributed by atoms with Crippen molar-refractivity contribution in [2.75, 3.05) is 24.5 Å². The molecule has 0 radical (unpaired) electrons. The van der Waals surface area contributed by atoms with Crippen molar-refractivity contribution >= 4 is 5.82 Å². The zero-order valence-electron chi connectivity index (χ0n) is 10.8. The van der Waals surface area contributed by atoms with Crippen molar-refractivity contribution in [1.29, 1.82) is 0 Å². The first kappa shape index (κ1) is 11.0. The first-order valence-electron chi connectivity index (χ1n) is 6.44. The fraction of sp³-hybridized carbons (Fsp3) is 0.692. The summed E-state index contributed by atoms with van der Waals surface area (Å²) in [5.41, 5.74) is 2.06. The SMILES string of the molecule is Cc1cnc(C)c(N2CC3CNCC3C2C)n1. The van der Waals surface area contributed by atoms with Gasteiger partial charge in [0, 0.05) is 31.9 Å². The highest BCUT2D eigenvalue weighted by atomic mass is 15.3. The fourth-order valence-electron chi connectivity index (χ4n) is 3.24. The Balaban J connectivity index is 1.92. The first-order chi connectivity index (χ1) is 8.16. The van der Waals surface area contributed by atoms with Crippen LogP contribution in [0, 0.1) is 25.7 Å². The molecule has 0 aliphatic carbocycles. The zero-order chi connectivity index (χ0) is 12.0. The van der Waals surface area contributed by atoms with E-state index in [0.29, 0.717) is 6.04 Å². The zero-order valence-corrected chi connectivity index (χ0v) is 10.8. The minimum absolute atomic E-state index is 0.574. The van der Waals surface area contributed by atoms with E-state index in [0.717, 1.165) is 48.7 Å². The van der Waals surface area contributed by atoms with Gasteiger partial charge in [-0.2, -0.15) is 0 Å². The number of aryl methyl sites for hydroxylation is 2. The number of anilines is 1. The van der Waals surface area contributed by atoms with Crippen LogP contribution in [0.3, 0.4) is 0 Å². The summed E-state index contributed by atoms with van der Waals surface area (Å²) in [6.07, 6.45) is 1.85. The van der Waals surface area contributed by atoms with Gasteiger partial charge < -0.3 is 10.2 Å². The monoisotopic (exact) mass is 232 g/mol. The van der Waals surface area contributed by atoms with Crippen molar-refractivity contribution in [2.24, 2.45) is 11.8 Å². The van der Waals surface area contributed by atoms with Crippen LogP contribution in [0.25, 0.3) is 0 Å². The van der Waals surface area contributed by atoms with Crippen LogP contribution in [-0.4, -0.2) is 35.6 Å². The largest absolute Gasteiger partial charge is 0.352 e. The van der Waals surface area contributed by atoms with Crippen LogP contribution in [0.2, 0.25) is 0 Å². The average molecular weight is 232 g/mol. The van der Waals surface area contributed by atoms with E-state index in [1.807, 2.05) is 13.1 Å². The number of nitrogens with one attached hydrogen (secondary N) is 1. The Labute approximate surface area is 102 Å². The molecule has 3 heterocycles. The second kappa shape index (κ2) is 3.95. The van der Waals surface area contributed by atoms with Gasteiger partial charge in [0.1, 0.15) is 0 Å². The minimum Gasteiger partial charge on any atom is -0.352 e. The predicted molar refractivity (Wildman–Crippen MR) is 68.2 cm³/mol. The lowest BCUT2D eigenvalue weighted by atomic mass is 9.95. The summed E-state index contributed by atoms with van der Waals surface area (Å²) in [4.78, 5) is 11.6. The number of hydrogen-bond acceptors (Lipinski definition) is 4. The summed E-state index contributed by atoms with van der Waals surface area (Å²) in [6, 6.07) is 0.574. The van der Waals surface area contributed by atoms with Crippen LogP contribution >= 0.6 is 0 Å². The van der Waals surface area contributed by atoms with Gasteiger partial charge in [0.05, 0.1) is 11.4 Å². The van der Waals surface area contributed by atoms with Crippen LogP contribution in [0.15, 0.2) is 6.20 Å². The van der Waals surface area contributed by atoms with Gasteiger partial charge in [-0.1, -0.05) is 0 Å². The summed E-state index contributed by atoms with van der Waals surface area (Å²) >= 11 is 0. The average Bonchev–Trinajstić information content (AvgIpc) is 2.86. The van der Waals surface area contributed by atoms with Gasteiger partial charge in [0.25, 0.3) is 0 Å². The molecule has 0 aromatic carbocycles. The van der Waals surface area contributed by atoms with E-state index in [1.54, 1.807) is 0 Å². The molecule has 4 heteroatoms. The number of rotatable bonds is 1. The molecule has 0 amide bonds. The maximum absolute atomic E-state index is 4.68. The smallest absolute Gasteiger partial charge is 0.150 e. The molecule has 2 aliphatic rings. The molecule has 4 nitrogen and oxygen atoms in total. The third-order valence-electron chi connectivity index (χ3n) is 4.26. The van der Waals surface area contributed by atoms with Crippen molar-refractivity contribution in [1.82, 2.24) is 15.3 Å². The maximum atomic E-state index is 4.68. The Morgan fingerprint density at radius 2 is 2.18 bits per heavy atom. The predicted octanol–water partition coefficient (Wildman–Crippen LogP) is 1.14. The van der Waals surface area contributed by atoms with Crippen LogP contribution in [0.1, 0.15) is 18.3 Å². The van der Waals surface area contributed by atoms with Crippen molar-refractivity contribution in [3.63, 3.8) is 0 Å². The molecule has 2 aliphatic heterocycles. The number of aromatic nitrogens is 2. The van der Waals surface area contributed by atoms with Crippen LogP contribution < -0.4 is 10.2 Å². The molecule has 0 spiro atoms. The van der Waals surface area contributed by atoms with Gasteiger partial charge in [-0.05, 0) is 32.6 Å². The molecule has 3 atom stereocenters. The molecule has 0 saturated carbocycles. The first-order valence-corrected chi connectivity index (χ1v) is 6.44. The fourth-order valence-corrected chi connectivity index (χ4v) is 3.24. The summed E-state index contributed by atoms with van der Waals surface area (Å²) < 4.78 is 0. The van der Waals surface area contributed by atoms with Crippen molar-refractivity contribution in [2.45, 2.75) is 26.8 Å². The van der Waals surface area contributed by atoms with E-state index >= 15 is 0 Å². The van der Waals surface area contributed by atoms with Gasteiger partial charge in [-0.15, -0.1) is 0 Å². The van der Waals surface area contributed by atoms with Crippen molar-refractivity contribution in [3.05, 3.63) is 17.6 Å². The van der Waals surface area contributed by atoms with Crippen LogP contribution in [0.4, 0.5) is 5.82 Å². The second-order valence-corrected chi connectivity index (χ2v) is 5.40. The van der Waals surface area contributed by atoms with Gasteiger partial charge >= 0.3 is 0 Å². The summed E-state index contributed by atoms with van der Waals surface area (Å²) in [5, 5.41) is 3.49. The molecule has 3 unspecified atom stereocenters. The lowest BCUT2D eigenvalue weighted by Gasteiger charge is -2.26. The van der Waals surface area contributed by atoms with Gasteiger partial charge in [-0.25, -0.2) is 4.98 Å². The molecule has 17 heavy (non-hydrogen) atoms. The highest BCUT2D eigenvalue weighted by Crippen LogP contribution is 2.35. The molecule has 3 rings (SSSR count). The Morgan fingerprint density at radius 3 is 2.94 bits per heavy atom. The third-order valence-corrected chi connectivity index (χ3v) is 4.26. The van der Waals surface area contributed by atoms with Crippen molar-refractivity contribution in [3.8, 4) is 0 Å². The van der Waals surface area contributed by atoms with E-state index < -0.39 is 0 Å². The highest BCUT2D eigenvalue weighted by Gasteiger charge is 2.42. The van der Waals surface area contributed by atoms with Gasteiger partial charge in [-0.3, -0.25) is 4.98 Å². The van der Waals surface area contributed by atoms with Crippen LogP contribution in [0.5, 0.6) is 0 Å². The minimum atomic E-state index is 0.574. The maximum Gasteiger partial charge on any atom is 0.150 e. The lowest BCUT2D eigenvalue weighted by Crippen LogP contribution is -2.34. The van der Waals surface area contributed by atoms with E-state index in [-0.39, 0.29) is 0 Å². The Kier molecular flexibility index (Phi) is 2.54. The topological polar surface area (TPSA) is 41.1 Å². The van der Waals surface area contributed by atoms with Gasteiger partial charge in [0.2, 0.25) is 0 Å². The van der Waals surface area contributed by atoms with E-state index in [4.69, 9.17) is 0 Å². The number of fused-ring (bicyclic) bond motifs is 1. The van der Waals surface area contributed by atoms with E-state index in [1.165, 1.54) is 0 Å². The molecular weight excluding hydrogens is 212 g/mol. The quantitative estimate of drug-likeness (QED) is 0.788. The summed E-state index contributed by atoms with van der Waals surface area (Å²) in [5.74, 6) is 2.65. The Bertz CT molecular complexity index is 431. The molecule has 1 N–H and O–H groups in total. The lowest BCUT2D eigenvalue weighted by molar-refractivity contribution is 0.471. The molecule has 1 aromatic heterocycles. The standard InChI is InChI=1S/C13H20N4/c1-8-4-15-9(2)13(16-8)17-7-11-5-14-6-12(11)10(17)3/h4,10-12,14H,5-7H2,1-3H3. The highest BCUT2D eigenvalue weighted by molar-refractivity contribution is 5.46. The third kappa shape index (κ3) is 1.71. The van der Waals surface area contributed by atoms with Crippen molar-refractivity contribution < 1.29 is 0 Å². The normalized spacial score (nSPS) is 31.9.